The van der Waals surface area contributed by atoms with Gasteiger partial charge in [0.05, 0.1) is 10.6 Å². The van der Waals surface area contributed by atoms with Gasteiger partial charge in [-0.15, -0.1) is 0 Å². The van der Waals surface area contributed by atoms with E-state index in [0.29, 0.717) is 10.7 Å². The Balaban J connectivity index is 1.67. The summed E-state index contributed by atoms with van der Waals surface area (Å²) in [4.78, 5) is 28.8. The molecule has 0 bridgehead atoms. The molecule has 4 rings (SSSR count). The molecule has 212 valence electrons. The van der Waals surface area contributed by atoms with Crippen LogP contribution in [-0.4, -0.2) is 43.8 Å². The number of hydrogen-bond acceptors (Lipinski definition) is 4. The van der Waals surface area contributed by atoms with Crippen LogP contribution >= 0.6 is 11.6 Å². The molecule has 0 saturated heterocycles. The second-order valence-electron chi connectivity index (χ2n) is 10.5. The van der Waals surface area contributed by atoms with E-state index >= 15 is 0 Å². The van der Waals surface area contributed by atoms with Crippen molar-refractivity contribution >= 4 is 39.1 Å². The number of nitrogens with one attached hydrogen (secondary N) is 1. The minimum absolute atomic E-state index is 0.0859. The quantitative estimate of drug-likeness (QED) is 0.336. The molecule has 0 spiro atoms. The number of rotatable bonds is 10. The highest BCUT2D eigenvalue weighted by atomic mass is 35.5. The second kappa shape index (κ2) is 12.9. The Morgan fingerprint density at radius 1 is 0.900 bits per heavy atom. The number of hydrogen-bond donors (Lipinski definition) is 1. The molecule has 1 aliphatic rings. The lowest BCUT2D eigenvalue weighted by atomic mass is 10.1. The van der Waals surface area contributed by atoms with E-state index in [-0.39, 0.29) is 23.4 Å². The number of anilines is 1. The molecule has 1 fully saturated rings. The summed E-state index contributed by atoms with van der Waals surface area (Å²) in [5.41, 5.74) is 3.04. The fourth-order valence-electron chi connectivity index (χ4n) is 4.84. The number of sulfonamides is 1. The third kappa shape index (κ3) is 7.23. The summed E-state index contributed by atoms with van der Waals surface area (Å²) in [5, 5.41) is 3.63. The minimum atomic E-state index is -4.09. The van der Waals surface area contributed by atoms with E-state index in [1.807, 2.05) is 13.8 Å². The van der Waals surface area contributed by atoms with Crippen molar-refractivity contribution in [2.24, 2.45) is 0 Å². The van der Waals surface area contributed by atoms with Gasteiger partial charge in [-0.2, -0.15) is 0 Å². The second-order valence-corrected chi connectivity index (χ2v) is 12.8. The maximum absolute atomic E-state index is 14.0. The van der Waals surface area contributed by atoms with Crippen molar-refractivity contribution in [1.82, 2.24) is 10.2 Å². The third-order valence-electron chi connectivity index (χ3n) is 7.34. The first-order valence-corrected chi connectivity index (χ1v) is 15.4. The molecule has 7 nitrogen and oxygen atoms in total. The third-order valence-corrected chi connectivity index (χ3v) is 9.38. The van der Waals surface area contributed by atoms with Crippen LogP contribution in [0.15, 0.2) is 77.7 Å². The SMILES string of the molecule is Cc1ccc(N(CC(=O)N(Cc2ccc(Cl)cc2)[C@H](C)C(=O)NC2CCCC2)S(=O)(=O)c2ccc(C)cc2)cc1. The molecule has 0 radical (unpaired) electrons. The Morgan fingerprint density at radius 3 is 2.02 bits per heavy atom. The molecule has 1 saturated carbocycles. The summed E-state index contributed by atoms with van der Waals surface area (Å²) in [5.74, 6) is -0.738. The molecule has 9 heteroatoms. The number of carbonyl (C=O) groups is 2. The van der Waals surface area contributed by atoms with Gasteiger partial charge in [-0.3, -0.25) is 13.9 Å². The first kappa shape index (κ1) is 29.6. The van der Waals surface area contributed by atoms with E-state index in [1.165, 1.54) is 4.90 Å². The molecule has 1 atom stereocenters. The van der Waals surface area contributed by atoms with Gasteiger partial charge in [0.1, 0.15) is 12.6 Å². The molecular formula is C31H36ClN3O4S. The van der Waals surface area contributed by atoms with E-state index in [2.05, 4.69) is 5.32 Å². The van der Waals surface area contributed by atoms with Gasteiger partial charge in [-0.1, -0.05) is 72.0 Å². The number of nitrogens with zero attached hydrogens (tertiary/aromatic N) is 2. The lowest BCUT2D eigenvalue weighted by molar-refractivity contribution is -0.139. The molecule has 2 amide bonds. The number of halogens is 1. The molecule has 0 unspecified atom stereocenters. The van der Waals surface area contributed by atoms with Crippen molar-refractivity contribution in [1.29, 1.82) is 0 Å². The van der Waals surface area contributed by atoms with Crippen molar-refractivity contribution in [2.75, 3.05) is 10.8 Å². The van der Waals surface area contributed by atoms with Crippen LogP contribution in [0.4, 0.5) is 5.69 Å². The van der Waals surface area contributed by atoms with Crippen LogP contribution in [0.25, 0.3) is 0 Å². The molecule has 0 heterocycles. The van der Waals surface area contributed by atoms with Gasteiger partial charge in [0.15, 0.2) is 0 Å². The van der Waals surface area contributed by atoms with E-state index in [0.717, 1.165) is 46.7 Å². The zero-order valence-corrected chi connectivity index (χ0v) is 24.7. The largest absolute Gasteiger partial charge is 0.352 e. The summed E-state index contributed by atoms with van der Waals surface area (Å²) >= 11 is 6.07. The molecule has 1 N–H and O–H groups in total. The fraction of sp³-hybridized carbons (Fsp3) is 0.355. The van der Waals surface area contributed by atoms with Gasteiger partial charge in [0.25, 0.3) is 10.0 Å². The highest BCUT2D eigenvalue weighted by Crippen LogP contribution is 2.26. The van der Waals surface area contributed by atoms with Gasteiger partial charge in [0, 0.05) is 17.6 Å². The van der Waals surface area contributed by atoms with Gasteiger partial charge in [0.2, 0.25) is 11.8 Å². The maximum atomic E-state index is 14.0. The summed E-state index contributed by atoms with van der Waals surface area (Å²) in [7, 11) is -4.09. The maximum Gasteiger partial charge on any atom is 0.264 e. The monoisotopic (exact) mass is 581 g/mol. The van der Waals surface area contributed by atoms with Crippen LogP contribution in [0.1, 0.15) is 49.3 Å². The lowest BCUT2D eigenvalue weighted by Crippen LogP contribution is -2.52. The van der Waals surface area contributed by atoms with Crippen LogP contribution in [0.3, 0.4) is 0 Å². The van der Waals surface area contributed by atoms with Crippen molar-refractivity contribution in [2.45, 2.75) is 70.0 Å². The van der Waals surface area contributed by atoms with E-state index in [1.54, 1.807) is 79.7 Å². The molecule has 0 aromatic heterocycles. The smallest absolute Gasteiger partial charge is 0.264 e. The Labute approximate surface area is 242 Å². The van der Waals surface area contributed by atoms with Crippen LogP contribution in [0.2, 0.25) is 5.02 Å². The molecule has 3 aromatic rings. The molecule has 3 aromatic carbocycles. The fourth-order valence-corrected chi connectivity index (χ4v) is 6.38. The molecular weight excluding hydrogens is 546 g/mol. The Kier molecular flexibility index (Phi) is 9.53. The van der Waals surface area contributed by atoms with E-state index in [4.69, 9.17) is 11.6 Å². The number of amides is 2. The number of benzene rings is 3. The van der Waals surface area contributed by atoms with E-state index in [9.17, 15) is 18.0 Å². The summed E-state index contributed by atoms with van der Waals surface area (Å²) in [6.07, 6.45) is 3.96. The Hall–Kier alpha value is -3.36. The van der Waals surface area contributed by atoms with Crippen LogP contribution in [0, 0.1) is 13.8 Å². The lowest BCUT2D eigenvalue weighted by Gasteiger charge is -2.32. The van der Waals surface area contributed by atoms with Crippen LogP contribution < -0.4 is 9.62 Å². The predicted octanol–water partition coefficient (Wildman–Crippen LogP) is 5.63. The van der Waals surface area contributed by atoms with Crippen molar-refractivity contribution in [3.63, 3.8) is 0 Å². The summed E-state index contributed by atoms with van der Waals surface area (Å²) in [6, 6.07) is 19.8. The van der Waals surface area contributed by atoms with Crippen LogP contribution in [0.5, 0.6) is 0 Å². The van der Waals surface area contributed by atoms with E-state index < -0.39 is 28.5 Å². The average Bonchev–Trinajstić information content (AvgIpc) is 3.44. The van der Waals surface area contributed by atoms with Crippen molar-refractivity contribution in [3.05, 3.63) is 94.5 Å². The standard InChI is InChI=1S/C31H36ClN3O4S/c1-22-8-16-28(17-9-22)35(40(38,39)29-18-10-23(2)11-19-29)21-30(36)34(20-25-12-14-26(32)15-13-25)24(3)31(37)33-27-6-4-5-7-27/h8-19,24,27H,4-7,20-21H2,1-3H3,(H,33,37)/t24-/m1/s1. The minimum Gasteiger partial charge on any atom is -0.352 e. The zero-order valence-electron chi connectivity index (χ0n) is 23.1. The molecule has 1 aliphatic carbocycles. The highest BCUT2D eigenvalue weighted by molar-refractivity contribution is 7.92. The number of carbonyl (C=O) groups excluding carboxylic acids is 2. The van der Waals surface area contributed by atoms with Gasteiger partial charge >= 0.3 is 0 Å². The van der Waals surface area contributed by atoms with Crippen molar-refractivity contribution < 1.29 is 18.0 Å². The van der Waals surface area contributed by atoms with Gasteiger partial charge < -0.3 is 10.2 Å². The normalized spacial score (nSPS) is 14.5. The average molecular weight is 582 g/mol. The van der Waals surface area contributed by atoms with Gasteiger partial charge in [-0.05, 0) is 75.6 Å². The summed E-state index contributed by atoms with van der Waals surface area (Å²) < 4.78 is 28.9. The zero-order chi connectivity index (χ0) is 28.9. The van der Waals surface area contributed by atoms with Crippen LogP contribution in [-0.2, 0) is 26.2 Å². The van der Waals surface area contributed by atoms with Crippen molar-refractivity contribution in [3.8, 4) is 0 Å². The predicted molar refractivity (Wildman–Crippen MR) is 159 cm³/mol. The topological polar surface area (TPSA) is 86.8 Å². The first-order chi connectivity index (χ1) is 19.0. The Bertz CT molecular complexity index is 1420. The summed E-state index contributed by atoms with van der Waals surface area (Å²) in [6.45, 7) is 5.13. The van der Waals surface area contributed by atoms with Gasteiger partial charge in [-0.25, -0.2) is 8.42 Å². The first-order valence-electron chi connectivity index (χ1n) is 13.5. The molecule has 40 heavy (non-hydrogen) atoms. The highest BCUT2D eigenvalue weighted by Gasteiger charge is 2.33. The Morgan fingerprint density at radius 2 is 1.45 bits per heavy atom. The number of aryl methyl sites for hydroxylation is 2. The molecule has 0 aliphatic heterocycles.